The molecule has 1 spiro atoms. The third-order valence-corrected chi connectivity index (χ3v) is 3.30. The van der Waals surface area contributed by atoms with Crippen LogP contribution < -0.4 is 9.47 Å². The van der Waals surface area contributed by atoms with Crippen molar-refractivity contribution in [1.82, 2.24) is 0 Å². The molecule has 0 bridgehead atoms. The van der Waals surface area contributed by atoms with Crippen molar-refractivity contribution in [3.63, 3.8) is 0 Å². The monoisotopic (exact) mass is 201 g/mol. The summed E-state index contributed by atoms with van der Waals surface area (Å²) in [6, 6.07) is 5.73. The van der Waals surface area contributed by atoms with Crippen molar-refractivity contribution in [3.8, 4) is 17.6 Å². The zero-order valence-corrected chi connectivity index (χ0v) is 8.54. The Balaban J connectivity index is 2.21. The van der Waals surface area contributed by atoms with E-state index in [-0.39, 0.29) is 5.41 Å². The van der Waals surface area contributed by atoms with Crippen LogP contribution in [-0.4, -0.2) is 13.7 Å². The lowest BCUT2D eigenvalue weighted by atomic mass is 9.96. The van der Waals surface area contributed by atoms with E-state index in [0.29, 0.717) is 5.56 Å². The fraction of sp³-hybridized carbons (Fsp3) is 0.417. The van der Waals surface area contributed by atoms with Crippen LogP contribution in [-0.2, 0) is 5.41 Å². The molecule has 0 saturated heterocycles. The van der Waals surface area contributed by atoms with Crippen molar-refractivity contribution in [2.45, 2.75) is 18.3 Å². The van der Waals surface area contributed by atoms with Crippen LogP contribution in [0.4, 0.5) is 0 Å². The number of fused-ring (bicyclic) bond motifs is 2. The molecule has 1 saturated carbocycles. The van der Waals surface area contributed by atoms with Gasteiger partial charge in [-0.15, -0.1) is 0 Å². The van der Waals surface area contributed by atoms with Crippen molar-refractivity contribution in [2.24, 2.45) is 0 Å². The van der Waals surface area contributed by atoms with E-state index in [2.05, 4.69) is 6.07 Å². The van der Waals surface area contributed by atoms with Crippen LogP contribution in [0.25, 0.3) is 0 Å². The normalized spacial score (nSPS) is 19.2. The fourth-order valence-corrected chi connectivity index (χ4v) is 2.29. The molecule has 0 aromatic heterocycles. The Morgan fingerprint density at radius 1 is 1.47 bits per heavy atom. The highest BCUT2D eigenvalue weighted by molar-refractivity contribution is 5.59. The molecule has 0 unspecified atom stereocenters. The summed E-state index contributed by atoms with van der Waals surface area (Å²) in [6.45, 7) is 0.744. The maximum Gasteiger partial charge on any atom is 0.128 e. The summed E-state index contributed by atoms with van der Waals surface area (Å²) in [5.74, 6) is 1.64. The maximum atomic E-state index is 8.87. The van der Waals surface area contributed by atoms with Gasteiger partial charge in [-0.25, -0.2) is 0 Å². The molecule has 76 valence electrons. The van der Waals surface area contributed by atoms with Crippen molar-refractivity contribution < 1.29 is 9.47 Å². The highest BCUT2D eigenvalue weighted by Gasteiger charge is 2.52. The molecule has 15 heavy (non-hydrogen) atoms. The molecule has 3 nitrogen and oxygen atoms in total. The van der Waals surface area contributed by atoms with Gasteiger partial charge in [-0.3, -0.25) is 0 Å². The lowest BCUT2D eigenvalue weighted by Crippen LogP contribution is -2.08. The first-order valence-corrected chi connectivity index (χ1v) is 5.04. The number of nitrogens with zero attached hydrogens (tertiary/aromatic N) is 1. The number of rotatable bonds is 1. The molecular formula is C12H11NO2. The van der Waals surface area contributed by atoms with Gasteiger partial charge in [0.15, 0.2) is 0 Å². The maximum absolute atomic E-state index is 8.87. The van der Waals surface area contributed by atoms with E-state index in [9.17, 15) is 0 Å². The average molecular weight is 201 g/mol. The van der Waals surface area contributed by atoms with Gasteiger partial charge in [-0.05, 0) is 25.0 Å². The molecule has 0 N–H and O–H groups in total. The van der Waals surface area contributed by atoms with Gasteiger partial charge in [0, 0.05) is 11.0 Å². The van der Waals surface area contributed by atoms with Gasteiger partial charge < -0.3 is 9.47 Å². The molecule has 2 aliphatic rings. The van der Waals surface area contributed by atoms with Crippen molar-refractivity contribution >= 4 is 0 Å². The predicted molar refractivity (Wildman–Crippen MR) is 54.1 cm³/mol. The van der Waals surface area contributed by atoms with Gasteiger partial charge in [0.2, 0.25) is 0 Å². The Bertz CT molecular complexity index is 469. The average Bonchev–Trinajstić information content (AvgIpc) is 2.96. The first kappa shape index (κ1) is 8.60. The summed E-state index contributed by atoms with van der Waals surface area (Å²) in [5, 5.41) is 8.87. The smallest absolute Gasteiger partial charge is 0.128 e. The van der Waals surface area contributed by atoms with E-state index in [1.165, 1.54) is 18.4 Å². The zero-order valence-electron chi connectivity index (χ0n) is 8.54. The molecule has 1 aliphatic heterocycles. The summed E-state index contributed by atoms with van der Waals surface area (Å²) < 4.78 is 11.0. The summed E-state index contributed by atoms with van der Waals surface area (Å²) in [7, 11) is 1.64. The van der Waals surface area contributed by atoms with E-state index in [1.807, 2.05) is 6.07 Å². The predicted octanol–water partition coefficient (Wildman–Crippen LogP) is 1.99. The summed E-state index contributed by atoms with van der Waals surface area (Å²) in [4.78, 5) is 0. The molecule has 0 amide bonds. The Hall–Kier alpha value is -1.69. The van der Waals surface area contributed by atoms with Crippen LogP contribution in [0, 0.1) is 11.3 Å². The minimum absolute atomic E-state index is 0.203. The van der Waals surface area contributed by atoms with Crippen LogP contribution >= 0.6 is 0 Å². The lowest BCUT2D eigenvalue weighted by molar-refractivity contribution is 0.323. The molecule has 1 aliphatic carbocycles. The van der Waals surface area contributed by atoms with Gasteiger partial charge in [0.1, 0.15) is 11.5 Å². The summed E-state index contributed by atoms with van der Waals surface area (Å²) in [5.41, 5.74) is 1.97. The molecule has 3 rings (SSSR count). The van der Waals surface area contributed by atoms with E-state index in [4.69, 9.17) is 14.7 Å². The minimum Gasteiger partial charge on any atom is -0.496 e. The topological polar surface area (TPSA) is 42.2 Å². The van der Waals surface area contributed by atoms with Crippen LogP contribution in [0.5, 0.6) is 11.5 Å². The lowest BCUT2D eigenvalue weighted by Gasteiger charge is -2.10. The molecular weight excluding hydrogens is 190 g/mol. The molecule has 1 aromatic rings. The fourth-order valence-electron chi connectivity index (χ4n) is 2.29. The van der Waals surface area contributed by atoms with Gasteiger partial charge in [-0.1, -0.05) is 0 Å². The van der Waals surface area contributed by atoms with Crippen LogP contribution in [0.15, 0.2) is 12.1 Å². The van der Waals surface area contributed by atoms with Gasteiger partial charge >= 0.3 is 0 Å². The SMILES string of the molecule is COc1cc(C#N)cc2c1C1(CC1)CO2. The molecule has 1 aromatic carbocycles. The first-order chi connectivity index (χ1) is 7.29. The third-order valence-electron chi connectivity index (χ3n) is 3.30. The van der Waals surface area contributed by atoms with E-state index < -0.39 is 0 Å². The standard InChI is InChI=1S/C12H11NO2/c1-14-9-4-8(6-13)5-10-11(9)12(2-3-12)7-15-10/h4-5H,2-3,7H2,1H3. The van der Waals surface area contributed by atoms with E-state index >= 15 is 0 Å². The van der Waals surface area contributed by atoms with Crippen molar-refractivity contribution in [1.29, 1.82) is 5.26 Å². The summed E-state index contributed by atoms with van der Waals surface area (Å²) >= 11 is 0. The van der Waals surface area contributed by atoms with Crippen LogP contribution in [0.3, 0.4) is 0 Å². The van der Waals surface area contributed by atoms with E-state index in [0.717, 1.165) is 18.1 Å². The highest BCUT2D eigenvalue weighted by Crippen LogP contribution is 2.58. The Kier molecular flexibility index (Phi) is 1.53. The third kappa shape index (κ3) is 1.05. The summed E-state index contributed by atoms with van der Waals surface area (Å²) in [6.07, 6.45) is 2.34. The van der Waals surface area contributed by atoms with Crippen LogP contribution in [0.1, 0.15) is 24.0 Å². The number of hydrogen-bond donors (Lipinski definition) is 0. The molecule has 3 heteroatoms. The van der Waals surface area contributed by atoms with Crippen molar-refractivity contribution in [2.75, 3.05) is 13.7 Å². The molecule has 1 fully saturated rings. The Labute approximate surface area is 88.2 Å². The molecule has 0 atom stereocenters. The Morgan fingerprint density at radius 3 is 2.87 bits per heavy atom. The van der Waals surface area contributed by atoms with Crippen LogP contribution in [0.2, 0.25) is 0 Å². The minimum atomic E-state index is 0.203. The number of benzene rings is 1. The van der Waals surface area contributed by atoms with E-state index in [1.54, 1.807) is 13.2 Å². The second-order valence-corrected chi connectivity index (χ2v) is 4.23. The zero-order chi connectivity index (χ0) is 10.5. The van der Waals surface area contributed by atoms with Crippen molar-refractivity contribution in [3.05, 3.63) is 23.3 Å². The molecule has 0 radical (unpaired) electrons. The van der Waals surface area contributed by atoms with Gasteiger partial charge in [0.05, 0.1) is 25.3 Å². The number of nitriles is 1. The largest absolute Gasteiger partial charge is 0.496 e. The quantitative estimate of drug-likeness (QED) is 0.697. The van der Waals surface area contributed by atoms with Gasteiger partial charge in [0.25, 0.3) is 0 Å². The second kappa shape index (κ2) is 2.66. The molecule has 1 heterocycles. The number of hydrogen-bond acceptors (Lipinski definition) is 3. The second-order valence-electron chi connectivity index (χ2n) is 4.23. The first-order valence-electron chi connectivity index (χ1n) is 5.04. The highest BCUT2D eigenvalue weighted by atomic mass is 16.5. The van der Waals surface area contributed by atoms with Gasteiger partial charge in [-0.2, -0.15) is 5.26 Å². The Morgan fingerprint density at radius 2 is 2.27 bits per heavy atom. The number of methoxy groups -OCH3 is 1. The number of ether oxygens (including phenoxy) is 2.